The predicted octanol–water partition coefficient (Wildman–Crippen LogP) is 6.70. The first kappa shape index (κ1) is 28.3. The topological polar surface area (TPSA) is 44.8 Å². The van der Waals surface area contributed by atoms with Crippen molar-refractivity contribution in [2.75, 3.05) is 38.0 Å². The molecule has 1 heterocycles. The maximum absolute atomic E-state index is 13.1. The molecule has 0 atom stereocenters. The molecule has 5 nitrogen and oxygen atoms in total. The summed E-state index contributed by atoms with van der Waals surface area (Å²) in [7, 11) is 0. The molecule has 0 spiro atoms. The normalized spacial score (nSPS) is 14.8. The lowest BCUT2D eigenvalue weighted by atomic mass is 10.1. The molecular weight excluding hydrogens is 524 g/mol. The number of carbonyl (C=O) groups excluding carboxylic acids is 1. The summed E-state index contributed by atoms with van der Waals surface area (Å²) in [6.45, 7) is 3.11. The van der Waals surface area contributed by atoms with Crippen LogP contribution in [0.1, 0.15) is 22.3 Å². The first-order valence-electron chi connectivity index (χ1n) is 12.3. The standard InChI is InChI=1S/C28H27F6N3O2/c29-27(30,31)22-16-21(17-23(18-22)28(32,33)34)19-39-25-8-6-24(7-9-25)35-26(38)37-14-12-36(13-15-37)11-10-20-4-2-1-3-5-20/h1-9,16-18H,10-15,19H2,(H,35,38). The number of amides is 2. The van der Waals surface area contributed by atoms with Gasteiger partial charge in [-0.2, -0.15) is 26.3 Å². The van der Waals surface area contributed by atoms with E-state index in [1.165, 1.54) is 17.7 Å². The van der Waals surface area contributed by atoms with Crippen molar-refractivity contribution >= 4 is 11.7 Å². The molecule has 1 aliphatic rings. The molecule has 3 aromatic carbocycles. The Morgan fingerprint density at radius 1 is 0.769 bits per heavy atom. The number of nitrogens with zero attached hydrogens (tertiary/aromatic N) is 2. The highest BCUT2D eigenvalue weighted by Gasteiger charge is 2.37. The van der Waals surface area contributed by atoms with E-state index in [2.05, 4.69) is 22.3 Å². The molecule has 1 saturated heterocycles. The van der Waals surface area contributed by atoms with Gasteiger partial charge in [0.05, 0.1) is 11.1 Å². The van der Waals surface area contributed by atoms with Crippen LogP contribution >= 0.6 is 0 Å². The average molecular weight is 552 g/mol. The van der Waals surface area contributed by atoms with E-state index in [-0.39, 0.29) is 23.4 Å². The largest absolute Gasteiger partial charge is 0.489 e. The minimum atomic E-state index is -4.93. The monoisotopic (exact) mass is 551 g/mol. The van der Waals surface area contributed by atoms with E-state index in [0.29, 0.717) is 30.9 Å². The second-order valence-corrected chi connectivity index (χ2v) is 9.22. The van der Waals surface area contributed by atoms with Gasteiger partial charge in [0.1, 0.15) is 12.4 Å². The van der Waals surface area contributed by atoms with Crippen LogP contribution in [-0.2, 0) is 25.4 Å². The number of carbonyl (C=O) groups is 1. The molecule has 0 unspecified atom stereocenters. The number of nitrogens with one attached hydrogen (secondary N) is 1. The maximum Gasteiger partial charge on any atom is 0.416 e. The molecule has 208 valence electrons. The minimum Gasteiger partial charge on any atom is -0.489 e. The smallest absolute Gasteiger partial charge is 0.416 e. The van der Waals surface area contributed by atoms with E-state index in [4.69, 9.17) is 4.74 Å². The number of piperazine rings is 1. The molecule has 0 saturated carbocycles. The van der Waals surface area contributed by atoms with E-state index in [1.54, 1.807) is 17.0 Å². The number of anilines is 1. The van der Waals surface area contributed by atoms with E-state index in [1.807, 2.05) is 18.2 Å². The van der Waals surface area contributed by atoms with Gasteiger partial charge < -0.3 is 15.0 Å². The van der Waals surface area contributed by atoms with E-state index in [0.717, 1.165) is 26.1 Å². The van der Waals surface area contributed by atoms with Crippen LogP contribution in [0.25, 0.3) is 0 Å². The zero-order valence-corrected chi connectivity index (χ0v) is 20.9. The van der Waals surface area contributed by atoms with Gasteiger partial charge in [-0.15, -0.1) is 0 Å². The summed E-state index contributed by atoms with van der Waals surface area (Å²) in [6.07, 6.45) is -8.91. The van der Waals surface area contributed by atoms with Gasteiger partial charge in [-0.05, 0) is 60.0 Å². The molecule has 1 fully saturated rings. The van der Waals surface area contributed by atoms with Crippen LogP contribution in [0.2, 0.25) is 0 Å². The second-order valence-electron chi connectivity index (χ2n) is 9.22. The Labute approximate surface area is 222 Å². The first-order valence-corrected chi connectivity index (χ1v) is 12.3. The Kier molecular flexibility index (Phi) is 8.69. The first-order chi connectivity index (χ1) is 18.5. The summed E-state index contributed by atoms with van der Waals surface area (Å²) >= 11 is 0. The second kappa shape index (κ2) is 12.0. The summed E-state index contributed by atoms with van der Waals surface area (Å²) in [6, 6.07) is 17.3. The number of ether oxygens (including phenoxy) is 1. The lowest BCUT2D eigenvalue weighted by Gasteiger charge is -2.34. The molecular formula is C28H27F6N3O2. The molecule has 0 radical (unpaired) electrons. The van der Waals surface area contributed by atoms with Crippen molar-refractivity contribution in [1.82, 2.24) is 9.80 Å². The van der Waals surface area contributed by atoms with Crippen LogP contribution in [0.5, 0.6) is 5.75 Å². The average Bonchev–Trinajstić information content (AvgIpc) is 2.91. The molecule has 39 heavy (non-hydrogen) atoms. The highest BCUT2D eigenvalue weighted by Crippen LogP contribution is 2.36. The molecule has 1 N–H and O–H groups in total. The van der Waals surface area contributed by atoms with Gasteiger partial charge in [0.2, 0.25) is 0 Å². The summed E-state index contributed by atoms with van der Waals surface area (Å²) in [5, 5.41) is 2.80. The number of hydrogen-bond donors (Lipinski definition) is 1. The Morgan fingerprint density at radius 3 is 1.92 bits per heavy atom. The Morgan fingerprint density at radius 2 is 1.36 bits per heavy atom. The number of hydrogen-bond acceptors (Lipinski definition) is 3. The SMILES string of the molecule is O=C(Nc1ccc(OCc2cc(C(F)(F)F)cc(C(F)(F)F)c2)cc1)N1CCN(CCc2ccccc2)CC1. The summed E-state index contributed by atoms with van der Waals surface area (Å²) in [5.74, 6) is 0.228. The van der Waals surface area contributed by atoms with Gasteiger partial charge in [0.25, 0.3) is 0 Å². The van der Waals surface area contributed by atoms with Crippen LogP contribution < -0.4 is 10.1 Å². The summed E-state index contributed by atoms with van der Waals surface area (Å²) < 4.78 is 83.7. The van der Waals surface area contributed by atoms with Crippen molar-refractivity contribution in [3.63, 3.8) is 0 Å². The molecule has 0 bridgehead atoms. The number of rotatable bonds is 7. The Bertz CT molecular complexity index is 1210. The van der Waals surface area contributed by atoms with Gasteiger partial charge in [-0.25, -0.2) is 4.79 Å². The van der Waals surface area contributed by atoms with Crippen LogP contribution in [0.4, 0.5) is 36.8 Å². The number of halogens is 6. The molecule has 3 aromatic rings. The Hall–Kier alpha value is -3.73. The van der Waals surface area contributed by atoms with Gasteiger partial charge in [0.15, 0.2) is 0 Å². The zero-order chi connectivity index (χ0) is 28.0. The molecule has 0 aromatic heterocycles. The van der Waals surface area contributed by atoms with Crippen molar-refractivity contribution in [3.05, 3.63) is 95.1 Å². The van der Waals surface area contributed by atoms with Gasteiger partial charge in [-0.1, -0.05) is 30.3 Å². The van der Waals surface area contributed by atoms with Crippen LogP contribution in [-0.4, -0.2) is 48.6 Å². The van der Waals surface area contributed by atoms with Crippen molar-refractivity contribution in [1.29, 1.82) is 0 Å². The minimum absolute atomic E-state index is 0.0750. The van der Waals surface area contributed by atoms with Crippen molar-refractivity contribution in [3.8, 4) is 5.75 Å². The highest BCUT2D eigenvalue weighted by molar-refractivity contribution is 5.89. The summed E-state index contributed by atoms with van der Waals surface area (Å²) in [5.41, 5.74) is -1.31. The predicted molar refractivity (Wildman–Crippen MR) is 134 cm³/mol. The van der Waals surface area contributed by atoms with E-state index >= 15 is 0 Å². The number of alkyl halides is 6. The van der Waals surface area contributed by atoms with Crippen LogP contribution in [0.15, 0.2) is 72.8 Å². The lowest BCUT2D eigenvalue weighted by Crippen LogP contribution is -2.50. The molecule has 11 heteroatoms. The van der Waals surface area contributed by atoms with Gasteiger partial charge in [-0.3, -0.25) is 4.90 Å². The number of benzene rings is 3. The third-order valence-corrected chi connectivity index (χ3v) is 6.38. The fourth-order valence-electron chi connectivity index (χ4n) is 4.21. The molecule has 0 aliphatic carbocycles. The summed E-state index contributed by atoms with van der Waals surface area (Å²) in [4.78, 5) is 16.7. The lowest BCUT2D eigenvalue weighted by molar-refractivity contribution is -0.143. The zero-order valence-electron chi connectivity index (χ0n) is 20.9. The fourth-order valence-corrected chi connectivity index (χ4v) is 4.21. The Balaban J connectivity index is 1.26. The van der Waals surface area contributed by atoms with Gasteiger partial charge in [0, 0.05) is 38.4 Å². The quantitative estimate of drug-likeness (QED) is 0.333. The molecule has 2 amide bonds. The third-order valence-electron chi connectivity index (χ3n) is 6.38. The van der Waals surface area contributed by atoms with Gasteiger partial charge >= 0.3 is 18.4 Å². The van der Waals surface area contributed by atoms with Crippen LogP contribution in [0.3, 0.4) is 0 Å². The van der Waals surface area contributed by atoms with E-state index < -0.39 is 30.1 Å². The van der Waals surface area contributed by atoms with Crippen molar-refractivity contribution in [2.45, 2.75) is 25.4 Å². The van der Waals surface area contributed by atoms with Crippen LogP contribution in [0, 0.1) is 0 Å². The fraction of sp³-hybridized carbons (Fsp3) is 0.321. The van der Waals surface area contributed by atoms with Crippen molar-refractivity contribution < 1.29 is 35.9 Å². The molecule has 1 aliphatic heterocycles. The third kappa shape index (κ3) is 8.13. The van der Waals surface area contributed by atoms with Crippen molar-refractivity contribution in [2.24, 2.45) is 0 Å². The maximum atomic E-state index is 13.1. The number of urea groups is 1. The van der Waals surface area contributed by atoms with E-state index in [9.17, 15) is 31.1 Å². The highest BCUT2D eigenvalue weighted by atomic mass is 19.4. The molecule has 4 rings (SSSR count).